The summed E-state index contributed by atoms with van der Waals surface area (Å²) in [7, 11) is 0. The highest BCUT2D eigenvalue weighted by Gasteiger charge is 2.19. The maximum atomic E-state index is 12.8. The fourth-order valence-corrected chi connectivity index (χ4v) is 7.38. The van der Waals surface area contributed by atoms with E-state index in [1.165, 1.54) is 109 Å². The highest BCUT2D eigenvalue weighted by molar-refractivity contribution is 5.71. The molecule has 0 aliphatic rings. The van der Waals surface area contributed by atoms with Crippen LogP contribution in [0.15, 0.2) is 97.2 Å². The molecule has 0 aromatic heterocycles. The molecule has 0 aromatic carbocycles. The Morgan fingerprint density at radius 2 is 0.597 bits per heavy atom. The lowest BCUT2D eigenvalue weighted by atomic mass is 10.1. The summed E-state index contributed by atoms with van der Waals surface area (Å²) in [5, 5.41) is 0. The Kier molecular flexibility index (Phi) is 51.9. The van der Waals surface area contributed by atoms with Gasteiger partial charge in [0.25, 0.3) is 0 Å². The molecule has 6 nitrogen and oxygen atoms in total. The van der Waals surface area contributed by atoms with Crippen molar-refractivity contribution in [2.45, 2.75) is 258 Å². The zero-order valence-corrected chi connectivity index (χ0v) is 43.6. The molecule has 0 fully saturated rings. The van der Waals surface area contributed by atoms with Gasteiger partial charge in [-0.3, -0.25) is 14.4 Å². The lowest BCUT2D eigenvalue weighted by Crippen LogP contribution is -2.30. The molecule has 0 radical (unpaired) electrons. The molecule has 67 heavy (non-hydrogen) atoms. The molecule has 0 amide bonds. The Morgan fingerprint density at radius 3 is 1.01 bits per heavy atom. The third kappa shape index (κ3) is 53.2. The average molecular weight is 931 g/mol. The van der Waals surface area contributed by atoms with E-state index in [1.807, 2.05) is 0 Å². The summed E-state index contributed by atoms with van der Waals surface area (Å²) >= 11 is 0. The summed E-state index contributed by atoms with van der Waals surface area (Å²) < 4.78 is 16.8. The molecule has 1 atom stereocenters. The van der Waals surface area contributed by atoms with Gasteiger partial charge in [0, 0.05) is 19.3 Å². The first-order chi connectivity index (χ1) is 33.0. The second-order valence-electron chi connectivity index (χ2n) is 18.1. The van der Waals surface area contributed by atoms with Gasteiger partial charge in [-0.25, -0.2) is 0 Å². The van der Waals surface area contributed by atoms with Crippen LogP contribution in [0.4, 0.5) is 0 Å². The van der Waals surface area contributed by atoms with Crippen LogP contribution < -0.4 is 0 Å². The van der Waals surface area contributed by atoms with Gasteiger partial charge in [-0.1, -0.05) is 214 Å². The number of esters is 3. The van der Waals surface area contributed by atoms with Crippen LogP contribution in [0.3, 0.4) is 0 Å². The molecule has 6 heteroatoms. The van der Waals surface area contributed by atoms with Gasteiger partial charge in [-0.15, -0.1) is 0 Å². The smallest absolute Gasteiger partial charge is 0.306 e. The summed E-state index contributed by atoms with van der Waals surface area (Å²) in [5.41, 5.74) is 0. The van der Waals surface area contributed by atoms with Gasteiger partial charge in [0.15, 0.2) is 6.10 Å². The Hall–Kier alpha value is -3.67. The topological polar surface area (TPSA) is 78.9 Å². The first kappa shape index (κ1) is 63.3. The van der Waals surface area contributed by atoms with Gasteiger partial charge >= 0.3 is 17.9 Å². The lowest BCUT2D eigenvalue weighted by Gasteiger charge is -2.18. The zero-order chi connectivity index (χ0) is 48.6. The standard InChI is InChI=1S/C61H102O6/c1-4-7-10-13-16-19-22-25-27-29-30-32-34-37-39-42-45-48-51-54-60(63)66-57-58(67-61(64)55-52-49-46-43-40-35-24-21-18-15-12-9-6-3)56-65-59(62)53-50-47-44-41-38-36-33-31-28-26-23-20-17-14-11-8-5-2/h8,11,16-17,19-21,24-28,33,36,41,44,58H,4-7,9-10,12-15,18,22-23,29-32,34-35,37-40,42-43,45-57H2,1-3H3/b11-8-,19-16-,20-17-,24-21-,27-25-,28-26-,36-33-,44-41-/t58-/m1/s1. The van der Waals surface area contributed by atoms with Crippen molar-refractivity contribution < 1.29 is 28.6 Å². The minimum atomic E-state index is -0.807. The first-order valence-electron chi connectivity index (χ1n) is 27.7. The Balaban J connectivity index is 4.46. The molecule has 382 valence electrons. The van der Waals surface area contributed by atoms with Crippen molar-refractivity contribution in [1.29, 1.82) is 0 Å². The van der Waals surface area contributed by atoms with Crippen molar-refractivity contribution in [1.82, 2.24) is 0 Å². The molecule has 0 saturated heterocycles. The van der Waals surface area contributed by atoms with Crippen molar-refractivity contribution >= 4 is 17.9 Å². The van der Waals surface area contributed by atoms with E-state index in [9.17, 15) is 14.4 Å². The number of hydrogen-bond acceptors (Lipinski definition) is 6. The number of carbonyl (C=O) groups is 3. The van der Waals surface area contributed by atoms with Crippen LogP contribution in [-0.2, 0) is 28.6 Å². The van der Waals surface area contributed by atoms with Crippen molar-refractivity contribution in [3.05, 3.63) is 97.2 Å². The van der Waals surface area contributed by atoms with Crippen molar-refractivity contribution in [2.24, 2.45) is 0 Å². The molecule has 0 saturated carbocycles. The number of allylic oxidation sites excluding steroid dienone is 16. The summed E-state index contributed by atoms with van der Waals surface area (Å²) in [6, 6.07) is 0. The van der Waals surface area contributed by atoms with Crippen LogP contribution >= 0.6 is 0 Å². The number of rotatable bonds is 49. The van der Waals surface area contributed by atoms with E-state index < -0.39 is 6.10 Å². The monoisotopic (exact) mass is 931 g/mol. The molecule has 0 unspecified atom stereocenters. The van der Waals surface area contributed by atoms with E-state index in [-0.39, 0.29) is 37.5 Å². The molecule has 0 heterocycles. The highest BCUT2D eigenvalue weighted by Crippen LogP contribution is 2.14. The largest absolute Gasteiger partial charge is 0.462 e. The van der Waals surface area contributed by atoms with E-state index in [0.717, 1.165) is 96.3 Å². The van der Waals surface area contributed by atoms with E-state index in [2.05, 4.69) is 118 Å². The van der Waals surface area contributed by atoms with Crippen LogP contribution in [0.5, 0.6) is 0 Å². The molecule has 0 rings (SSSR count). The van der Waals surface area contributed by atoms with E-state index in [0.29, 0.717) is 19.3 Å². The van der Waals surface area contributed by atoms with Crippen molar-refractivity contribution in [3.63, 3.8) is 0 Å². The minimum absolute atomic E-state index is 0.101. The van der Waals surface area contributed by atoms with Gasteiger partial charge in [0.2, 0.25) is 0 Å². The van der Waals surface area contributed by atoms with Gasteiger partial charge in [0.05, 0.1) is 0 Å². The summed E-state index contributed by atoms with van der Waals surface area (Å²) in [6.07, 6.45) is 72.5. The predicted molar refractivity (Wildman–Crippen MR) is 288 cm³/mol. The van der Waals surface area contributed by atoms with Gasteiger partial charge in [-0.05, 0) is 116 Å². The fourth-order valence-electron chi connectivity index (χ4n) is 7.38. The number of ether oxygens (including phenoxy) is 3. The first-order valence-corrected chi connectivity index (χ1v) is 27.7. The van der Waals surface area contributed by atoms with Crippen LogP contribution in [-0.4, -0.2) is 37.2 Å². The molecular weight excluding hydrogens is 829 g/mol. The highest BCUT2D eigenvalue weighted by atomic mass is 16.6. The normalized spacial score (nSPS) is 12.8. The summed E-state index contributed by atoms with van der Waals surface area (Å²) in [6.45, 7) is 6.43. The van der Waals surface area contributed by atoms with Crippen LogP contribution in [0.25, 0.3) is 0 Å². The molecule has 0 N–H and O–H groups in total. The Labute approximate surface area is 413 Å². The predicted octanol–water partition coefficient (Wildman–Crippen LogP) is 18.5. The van der Waals surface area contributed by atoms with E-state index >= 15 is 0 Å². The zero-order valence-electron chi connectivity index (χ0n) is 43.6. The quantitative estimate of drug-likeness (QED) is 0.0262. The average Bonchev–Trinajstić information content (AvgIpc) is 3.33. The van der Waals surface area contributed by atoms with Crippen LogP contribution in [0.2, 0.25) is 0 Å². The lowest BCUT2D eigenvalue weighted by molar-refractivity contribution is -0.167. The summed E-state index contributed by atoms with van der Waals surface area (Å²) in [5.74, 6) is -0.974. The maximum absolute atomic E-state index is 12.8. The van der Waals surface area contributed by atoms with Crippen LogP contribution in [0.1, 0.15) is 252 Å². The van der Waals surface area contributed by atoms with Gasteiger partial charge in [-0.2, -0.15) is 0 Å². The van der Waals surface area contributed by atoms with Gasteiger partial charge in [0.1, 0.15) is 13.2 Å². The van der Waals surface area contributed by atoms with Crippen molar-refractivity contribution in [3.8, 4) is 0 Å². The number of carbonyl (C=O) groups excluding carboxylic acids is 3. The van der Waals surface area contributed by atoms with Crippen LogP contribution in [0, 0.1) is 0 Å². The molecule has 0 spiro atoms. The third-order valence-corrected chi connectivity index (χ3v) is 11.5. The fraction of sp³-hybridized carbons (Fsp3) is 0.689. The minimum Gasteiger partial charge on any atom is -0.462 e. The number of hydrogen-bond donors (Lipinski definition) is 0. The third-order valence-electron chi connectivity index (χ3n) is 11.5. The maximum Gasteiger partial charge on any atom is 0.306 e. The molecule has 0 bridgehead atoms. The molecule has 0 aromatic rings. The van der Waals surface area contributed by atoms with E-state index in [1.54, 1.807) is 0 Å². The van der Waals surface area contributed by atoms with Crippen molar-refractivity contribution in [2.75, 3.05) is 13.2 Å². The second-order valence-corrected chi connectivity index (χ2v) is 18.1. The van der Waals surface area contributed by atoms with E-state index in [4.69, 9.17) is 14.2 Å². The Morgan fingerprint density at radius 1 is 0.313 bits per heavy atom. The number of unbranched alkanes of at least 4 members (excludes halogenated alkanes) is 22. The Bertz CT molecular complexity index is 1350. The molecular formula is C61H102O6. The SMILES string of the molecule is CC/C=C\C/C=C\C/C=C\C/C=C\C/C=C\CCCC(=O)OC[C@H](COC(=O)CCCCCCCCCCC/C=C\C/C=C\CCCCC)OC(=O)CCCCCCC/C=C\CCCCCC. The van der Waals surface area contributed by atoms with Gasteiger partial charge < -0.3 is 14.2 Å². The second kappa shape index (κ2) is 54.9. The summed E-state index contributed by atoms with van der Waals surface area (Å²) in [4.78, 5) is 38.1. The molecule has 0 aliphatic heterocycles. The molecule has 0 aliphatic carbocycles.